The molecule has 2 N–H and O–H groups in total. The Bertz CT molecular complexity index is 1110. The van der Waals surface area contributed by atoms with E-state index in [1.54, 1.807) is 18.2 Å². The Hall–Kier alpha value is -3.20. The molecule has 0 saturated carbocycles. The molecular formula is C21H24N4O4S. The molecule has 3 aromatic rings. The summed E-state index contributed by atoms with van der Waals surface area (Å²) in [5.74, 6) is 0.798. The van der Waals surface area contributed by atoms with E-state index in [2.05, 4.69) is 20.8 Å². The van der Waals surface area contributed by atoms with Gasteiger partial charge in [-0.25, -0.2) is 9.97 Å². The number of benzene rings is 1. The van der Waals surface area contributed by atoms with Crippen molar-refractivity contribution in [2.75, 3.05) is 13.7 Å². The third kappa shape index (κ3) is 4.35. The Kier molecular flexibility index (Phi) is 6.51. The average molecular weight is 429 g/mol. The first kappa shape index (κ1) is 21.5. The molecule has 30 heavy (non-hydrogen) atoms. The van der Waals surface area contributed by atoms with Crippen LogP contribution in [0.2, 0.25) is 0 Å². The second kappa shape index (κ2) is 9.08. The molecule has 9 heteroatoms. The monoisotopic (exact) mass is 428 g/mol. The summed E-state index contributed by atoms with van der Waals surface area (Å²) in [5, 5.41) is 0.870. The van der Waals surface area contributed by atoms with Crippen molar-refractivity contribution in [1.82, 2.24) is 20.8 Å². The molecule has 2 aromatic heterocycles. The number of nitrogens with zero attached hydrogens (tertiary/aromatic N) is 2. The molecular weight excluding hydrogens is 404 g/mol. The number of ether oxygens (including phenoxy) is 2. The van der Waals surface area contributed by atoms with Gasteiger partial charge in [0.25, 0.3) is 11.8 Å². The largest absolute Gasteiger partial charge is 0.493 e. The minimum absolute atomic E-state index is 0.335. The lowest BCUT2D eigenvalue weighted by Gasteiger charge is -2.12. The van der Waals surface area contributed by atoms with Crippen molar-refractivity contribution < 1.29 is 19.1 Å². The zero-order valence-electron chi connectivity index (χ0n) is 17.6. The van der Waals surface area contributed by atoms with Crippen molar-refractivity contribution in [1.29, 1.82) is 0 Å². The van der Waals surface area contributed by atoms with Gasteiger partial charge in [0, 0.05) is 16.6 Å². The van der Waals surface area contributed by atoms with Crippen LogP contribution in [0.5, 0.6) is 11.5 Å². The molecule has 0 fully saturated rings. The zero-order valence-corrected chi connectivity index (χ0v) is 18.4. The predicted octanol–water partition coefficient (Wildman–Crippen LogP) is 3.49. The minimum atomic E-state index is -0.464. The number of aromatic nitrogens is 2. The van der Waals surface area contributed by atoms with Gasteiger partial charge in [0.15, 0.2) is 11.5 Å². The number of rotatable bonds is 6. The molecule has 0 aliphatic heterocycles. The predicted molar refractivity (Wildman–Crippen MR) is 115 cm³/mol. The number of fused-ring (bicyclic) bond motifs is 1. The Balaban J connectivity index is 1.73. The van der Waals surface area contributed by atoms with Gasteiger partial charge in [-0.1, -0.05) is 6.92 Å². The molecule has 2 amide bonds. The van der Waals surface area contributed by atoms with E-state index in [9.17, 15) is 9.59 Å². The lowest BCUT2D eigenvalue weighted by Crippen LogP contribution is -2.41. The lowest BCUT2D eigenvalue weighted by molar-refractivity contribution is 0.0848. The van der Waals surface area contributed by atoms with Gasteiger partial charge in [-0.15, -0.1) is 11.3 Å². The van der Waals surface area contributed by atoms with Gasteiger partial charge < -0.3 is 9.47 Å². The molecule has 2 heterocycles. The van der Waals surface area contributed by atoms with E-state index in [4.69, 9.17) is 9.47 Å². The van der Waals surface area contributed by atoms with Crippen molar-refractivity contribution in [2.45, 2.75) is 34.1 Å². The van der Waals surface area contributed by atoms with Crippen LogP contribution in [0, 0.1) is 20.8 Å². The molecule has 0 atom stereocenters. The second-order valence-electron chi connectivity index (χ2n) is 6.71. The molecule has 8 nitrogen and oxygen atoms in total. The number of aryl methyl sites for hydroxylation is 3. The lowest BCUT2D eigenvalue weighted by atomic mass is 10.1. The summed E-state index contributed by atoms with van der Waals surface area (Å²) in [4.78, 5) is 35.1. The highest BCUT2D eigenvalue weighted by Gasteiger charge is 2.19. The highest BCUT2D eigenvalue weighted by molar-refractivity contribution is 7.20. The van der Waals surface area contributed by atoms with Crippen LogP contribution in [-0.2, 0) is 0 Å². The van der Waals surface area contributed by atoms with Gasteiger partial charge >= 0.3 is 0 Å². The van der Waals surface area contributed by atoms with Gasteiger partial charge in [0.1, 0.15) is 10.7 Å². The first-order valence-corrected chi connectivity index (χ1v) is 10.3. The van der Waals surface area contributed by atoms with E-state index in [1.807, 2.05) is 27.7 Å². The number of hydrazine groups is 1. The van der Waals surface area contributed by atoms with Crippen molar-refractivity contribution >= 4 is 33.4 Å². The fourth-order valence-corrected chi connectivity index (χ4v) is 4.25. The SMILES string of the molecule is CCCOc1ccc(C(=O)NNC(=O)c2sc3nc(C)nc(C)c3c2C)cc1OC. The summed E-state index contributed by atoms with van der Waals surface area (Å²) in [6.45, 7) is 8.11. The first-order valence-electron chi connectivity index (χ1n) is 9.51. The second-order valence-corrected chi connectivity index (χ2v) is 7.71. The van der Waals surface area contributed by atoms with Crippen LogP contribution in [0.15, 0.2) is 18.2 Å². The minimum Gasteiger partial charge on any atom is -0.493 e. The molecule has 0 aliphatic carbocycles. The van der Waals surface area contributed by atoms with E-state index in [0.29, 0.717) is 34.4 Å². The van der Waals surface area contributed by atoms with Crippen LogP contribution < -0.4 is 20.3 Å². The average Bonchev–Trinajstić information content (AvgIpc) is 3.06. The van der Waals surface area contributed by atoms with Crippen molar-refractivity contribution in [3.8, 4) is 11.5 Å². The first-order chi connectivity index (χ1) is 14.3. The van der Waals surface area contributed by atoms with Crippen LogP contribution >= 0.6 is 11.3 Å². The van der Waals surface area contributed by atoms with Crippen molar-refractivity contribution in [2.24, 2.45) is 0 Å². The number of nitrogens with one attached hydrogen (secondary N) is 2. The number of carbonyl (C=O) groups is 2. The maximum Gasteiger partial charge on any atom is 0.280 e. The number of amides is 2. The molecule has 0 radical (unpaired) electrons. The van der Waals surface area contributed by atoms with Crippen LogP contribution in [0.4, 0.5) is 0 Å². The standard InChI is InChI=1S/C21H24N4O4S/c1-6-9-29-15-8-7-14(10-16(15)28-5)19(26)24-25-20(27)18-11(2)17-12(3)22-13(4)23-21(17)30-18/h7-8,10H,6,9H2,1-5H3,(H,24,26)(H,25,27). The smallest absolute Gasteiger partial charge is 0.280 e. The van der Waals surface area contributed by atoms with Gasteiger partial charge in [-0.05, 0) is 51.0 Å². The maximum absolute atomic E-state index is 12.7. The van der Waals surface area contributed by atoms with Crippen LogP contribution in [-0.4, -0.2) is 35.5 Å². The van der Waals surface area contributed by atoms with E-state index < -0.39 is 11.8 Å². The summed E-state index contributed by atoms with van der Waals surface area (Å²) in [6, 6.07) is 4.85. The third-order valence-electron chi connectivity index (χ3n) is 4.47. The molecule has 0 unspecified atom stereocenters. The zero-order chi connectivity index (χ0) is 21.8. The quantitative estimate of drug-likeness (QED) is 0.583. The van der Waals surface area contributed by atoms with E-state index in [-0.39, 0.29) is 0 Å². The number of hydrogen-bond donors (Lipinski definition) is 2. The van der Waals surface area contributed by atoms with Gasteiger partial charge in [-0.2, -0.15) is 0 Å². The number of hydrogen-bond acceptors (Lipinski definition) is 7. The van der Waals surface area contributed by atoms with Crippen LogP contribution in [0.25, 0.3) is 10.2 Å². The summed E-state index contributed by atoms with van der Waals surface area (Å²) in [6.07, 6.45) is 0.860. The summed E-state index contributed by atoms with van der Waals surface area (Å²) in [5.41, 5.74) is 6.87. The maximum atomic E-state index is 12.7. The molecule has 0 spiro atoms. The highest BCUT2D eigenvalue weighted by Crippen LogP contribution is 2.31. The molecule has 0 saturated heterocycles. The van der Waals surface area contributed by atoms with E-state index in [1.165, 1.54) is 18.4 Å². The number of thiophene rings is 1. The fourth-order valence-electron chi connectivity index (χ4n) is 3.07. The van der Waals surface area contributed by atoms with Gasteiger partial charge in [-0.3, -0.25) is 20.4 Å². The highest BCUT2D eigenvalue weighted by atomic mass is 32.1. The van der Waals surface area contributed by atoms with Crippen LogP contribution in [0.3, 0.4) is 0 Å². The Morgan fingerprint density at radius 3 is 2.50 bits per heavy atom. The normalized spacial score (nSPS) is 10.7. The van der Waals surface area contributed by atoms with E-state index in [0.717, 1.165) is 27.9 Å². The summed E-state index contributed by atoms with van der Waals surface area (Å²) >= 11 is 1.27. The van der Waals surface area contributed by atoms with E-state index >= 15 is 0 Å². The topological polar surface area (TPSA) is 102 Å². The van der Waals surface area contributed by atoms with Crippen molar-refractivity contribution in [3.05, 3.63) is 45.7 Å². The molecule has 1 aromatic carbocycles. The van der Waals surface area contributed by atoms with Crippen LogP contribution in [0.1, 0.15) is 50.5 Å². The molecule has 3 rings (SSSR count). The molecule has 0 bridgehead atoms. The van der Waals surface area contributed by atoms with Crippen molar-refractivity contribution in [3.63, 3.8) is 0 Å². The summed E-state index contributed by atoms with van der Waals surface area (Å²) in [7, 11) is 1.51. The third-order valence-corrected chi connectivity index (χ3v) is 5.65. The Morgan fingerprint density at radius 2 is 1.80 bits per heavy atom. The van der Waals surface area contributed by atoms with Gasteiger partial charge in [0.2, 0.25) is 0 Å². The summed E-state index contributed by atoms with van der Waals surface area (Å²) < 4.78 is 10.9. The molecule has 0 aliphatic rings. The fraction of sp³-hybridized carbons (Fsp3) is 0.333. The Morgan fingerprint density at radius 1 is 1.07 bits per heavy atom. The molecule has 158 valence electrons. The number of carbonyl (C=O) groups excluding carboxylic acids is 2. The Labute approximate surface area is 178 Å². The van der Waals surface area contributed by atoms with Gasteiger partial charge in [0.05, 0.1) is 18.6 Å². The number of methoxy groups -OCH3 is 1.